The van der Waals surface area contributed by atoms with E-state index in [0.717, 1.165) is 54.4 Å². The van der Waals surface area contributed by atoms with Crippen molar-refractivity contribution in [3.63, 3.8) is 0 Å². The number of hydrogen-bond acceptors (Lipinski definition) is 4. The van der Waals surface area contributed by atoms with E-state index in [1.165, 1.54) is 16.7 Å². The van der Waals surface area contributed by atoms with Gasteiger partial charge in [-0.2, -0.15) is 0 Å². The van der Waals surface area contributed by atoms with Crippen LogP contribution in [0.5, 0.6) is 5.75 Å². The molecule has 2 aromatic carbocycles. The summed E-state index contributed by atoms with van der Waals surface area (Å²) in [6.07, 6.45) is 4.38. The lowest BCUT2D eigenvalue weighted by Crippen LogP contribution is -2.06. The largest absolute Gasteiger partial charge is 0.512 e. The second-order valence-corrected chi connectivity index (χ2v) is 7.41. The second-order valence-electron chi connectivity index (χ2n) is 7.41. The normalized spacial score (nSPS) is 15.5. The van der Waals surface area contributed by atoms with Gasteiger partial charge in [0.25, 0.3) is 0 Å². The molecule has 0 amide bonds. The smallest absolute Gasteiger partial charge is 0.122 e. The van der Waals surface area contributed by atoms with Gasteiger partial charge in [-0.1, -0.05) is 30.4 Å². The summed E-state index contributed by atoms with van der Waals surface area (Å²) in [5, 5.41) is 16.7. The minimum Gasteiger partial charge on any atom is -0.512 e. The van der Waals surface area contributed by atoms with E-state index in [0.29, 0.717) is 12.2 Å². The minimum atomic E-state index is 0.415. The third kappa shape index (κ3) is 4.06. The molecule has 4 nitrogen and oxygen atoms in total. The highest BCUT2D eigenvalue weighted by Crippen LogP contribution is 2.29. The molecule has 4 heteroatoms. The highest BCUT2D eigenvalue weighted by atomic mass is 16.5. The summed E-state index contributed by atoms with van der Waals surface area (Å²) in [4.78, 5) is 0. The number of aliphatic hydroxyl groups excluding tert-OH is 1. The van der Waals surface area contributed by atoms with Crippen LogP contribution in [0, 0.1) is 0 Å². The average Bonchev–Trinajstić information content (AvgIpc) is 3.16. The zero-order chi connectivity index (χ0) is 19.5. The Balaban J connectivity index is 1.41. The molecule has 0 saturated carbocycles. The van der Waals surface area contributed by atoms with Crippen LogP contribution in [0.2, 0.25) is 0 Å². The highest BCUT2D eigenvalue weighted by molar-refractivity contribution is 5.62. The predicted molar refractivity (Wildman–Crippen MR) is 115 cm³/mol. The Hall–Kier alpha value is -3.14. The van der Waals surface area contributed by atoms with E-state index in [9.17, 15) is 5.11 Å². The molecule has 0 atom stereocenters. The average molecular weight is 374 g/mol. The Morgan fingerprint density at radius 2 is 1.96 bits per heavy atom. The number of rotatable bonds is 6. The van der Waals surface area contributed by atoms with Crippen LogP contribution < -0.4 is 15.4 Å². The van der Waals surface area contributed by atoms with Crippen molar-refractivity contribution in [3.8, 4) is 5.75 Å². The molecule has 1 heterocycles. The molecule has 144 valence electrons. The first kappa shape index (κ1) is 18.2. The number of hydrogen-bond donors (Lipinski definition) is 3. The molecular formula is C24H26N2O2. The van der Waals surface area contributed by atoms with Crippen molar-refractivity contribution in [3.05, 3.63) is 88.8 Å². The van der Waals surface area contributed by atoms with E-state index in [-0.39, 0.29) is 0 Å². The number of allylic oxidation sites excluding steroid dienone is 3. The molecule has 3 N–H and O–H groups in total. The van der Waals surface area contributed by atoms with E-state index in [1.54, 1.807) is 0 Å². The van der Waals surface area contributed by atoms with Crippen molar-refractivity contribution in [1.82, 2.24) is 0 Å². The summed E-state index contributed by atoms with van der Waals surface area (Å²) in [5.41, 5.74) is 7.58. The van der Waals surface area contributed by atoms with Gasteiger partial charge in [-0.05, 0) is 60.4 Å². The zero-order valence-electron chi connectivity index (χ0n) is 16.2. The fourth-order valence-electron chi connectivity index (χ4n) is 3.66. The van der Waals surface area contributed by atoms with Crippen LogP contribution in [0.15, 0.2) is 77.7 Å². The topological polar surface area (TPSA) is 53.5 Å². The van der Waals surface area contributed by atoms with Crippen LogP contribution in [-0.4, -0.2) is 11.7 Å². The quantitative estimate of drug-likeness (QED) is 0.606. The van der Waals surface area contributed by atoms with Crippen molar-refractivity contribution >= 4 is 11.4 Å². The number of fused-ring (bicyclic) bond motifs is 1. The van der Waals surface area contributed by atoms with Crippen molar-refractivity contribution in [2.75, 3.05) is 17.2 Å². The Bertz CT molecular complexity index is 972. The number of benzene rings is 2. The molecule has 1 aliphatic carbocycles. The van der Waals surface area contributed by atoms with Crippen molar-refractivity contribution in [1.29, 1.82) is 0 Å². The molecule has 2 aliphatic rings. The summed E-state index contributed by atoms with van der Waals surface area (Å²) in [6, 6.07) is 14.6. The highest BCUT2D eigenvalue weighted by Gasteiger charge is 2.13. The van der Waals surface area contributed by atoms with Crippen molar-refractivity contribution in [2.45, 2.75) is 32.7 Å². The van der Waals surface area contributed by atoms with Crippen LogP contribution in [0.25, 0.3) is 0 Å². The monoisotopic (exact) mass is 374 g/mol. The molecule has 0 radical (unpaired) electrons. The first-order chi connectivity index (χ1) is 13.6. The van der Waals surface area contributed by atoms with Crippen LogP contribution in [0.1, 0.15) is 30.9 Å². The summed E-state index contributed by atoms with van der Waals surface area (Å²) < 4.78 is 5.57. The number of aliphatic hydroxyl groups is 1. The zero-order valence-corrected chi connectivity index (χ0v) is 16.2. The van der Waals surface area contributed by atoms with Crippen molar-refractivity contribution in [2.24, 2.45) is 0 Å². The first-order valence-electron chi connectivity index (χ1n) is 9.72. The van der Waals surface area contributed by atoms with Gasteiger partial charge in [0.15, 0.2) is 0 Å². The predicted octanol–water partition coefficient (Wildman–Crippen LogP) is 5.71. The minimum absolute atomic E-state index is 0.415. The van der Waals surface area contributed by atoms with E-state index in [2.05, 4.69) is 54.5 Å². The number of nitrogens with one attached hydrogen (secondary N) is 2. The summed E-state index contributed by atoms with van der Waals surface area (Å²) in [6.45, 7) is 7.79. The second kappa shape index (κ2) is 7.85. The van der Waals surface area contributed by atoms with Gasteiger partial charge in [0, 0.05) is 36.5 Å². The van der Waals surface area contributed by atoms with E-state index in [4.69, 9.17) is 4.74 Å². The molecule has 0 aromatic heterocycles. The van der Waals surface area contributed by atoms with Gasteiger partial charge in [0.2, 0.25) is 0 Å². The standard InChI is InChI=1S/C24H26N2O2/c1-16-6-8-22(27)14-23(16)17(2)26-21-5-3-4-20(13-21)25-15-18-7-9-24-19(12-18)10-11-28-24/h3-5,7,9,12-14,25-27H,2,6,8,10-11,15H2,1H3. The fourth-order valence-corrected chi connectivity index (χ4v) is 3.66. The lowest BCUT2D eigenvalue weighted by Gasteiger charge is -2.18. The molecule has 4 rings (SSSR count). The Morgan fingerprint density at radius 3 is 2.86 bits per heavy atom. The van der Waals surface area contributed by atoms with Gasteiger partial charge in [0.05, 0.1) is 12.4 Å². The first-order valence-corrected chi connectivity index (χ1v) is 9.72. The Kier molecular flexibility index (Phi) is 5.11. The molecule has 0 bridgehead atoms. The number of ether oxygens (including phenoxy) is 1. The Morgan fingerprint density at radius 1 is 1.11 bits per heavy atom. The van der Waals surface area contributed by atoms with Crippen LogP contribution in [-0.2, 0) is 13.0 Å². The summed E-state index contributed by atoms with van der Waals surface area (Å²) >= 11 is 0. The number of anilines is 2. The van der Waals surface area contributed by atoms with E-state index in [1.807, 2.05) is 18.2 Å². The van der Waals surface area contributed by atoms with E-state index >= 15 is 0 Å². The third-order valence-corrected chi connectivity index (χ3v) is 5.26. The Labute approximate surface area is 166 Å². The molecule has 0 fully saturated rings. The summed E-state index contributed by atoms with van der Waals surface area (Å²) in [5.74, 6) is 1.43. The van der Waals surface area contributed by atoms with Gasteiger partial charge < -0.3 is 20.5 Å². The van der Waals surface area contributed by atoms with Crippen LogP contribution in [0.4, 0.5) is 11.4 Å². The molecular weight excluding hydrogens is 348 g/mol. The summed E-state index contributed by atoms with van der Waals surface area (Å²) in [7, 11) is 0. The molecule has 1 aliphatic heterocycles. The van der Waals surface area contributed by atoms with Crippen molar-refractivity contribution < 1.29 is 9.84 Å². The fraction of sp³-hybridized carbons (Fsp3) is 0.250. The maximum Gasteiger partial charge on any atom is 0.122 e. The lowest BCUT2D eigenvalue weighted by atomic mass is 9.96. The van der Waals surface area contributed by atoms with Gasteiger partial charge in [0.1, 0.15) is 5.75 Å². The SMILES string of the molecule is C=C(Nc1cccc(NCc2ccc3c(c2)CCO3)c1)C1=C(C)CCC(O)=C1. The lowest BCUT2D eigenvalue weighted by molar-refractivity contribution is 0.357. The molecule has 0 unspecified atom stereocenters. The molecule has 2 aromatic rings. The molecule has 28 heavy (non-hydrogen) atoms. The van der Waals surface area contributed by atoms with Crippen LogP contribution >= 0.6 is 0 Å². The maximum atomic E-state index is 9.83. The molecule has 0 spiro atoms. The van der Waals surface area contributed by atoms with Gasteiger partial charge >= 0.3 is 0 Å². The third-order valence-electron chi connectivity index (χ3n) is 5.26. The van der Waals surface area contributed by atoms with Gasteiger partial charge in [-0.3, -0.25) is 0 Å². The maximum absolute atomic E-state index is 9.83. The molecule has 0 saturated heterocycles. The van der Waals surface area contributed by atoms with Crippen LogP contribution in [0.3, 0.4) is 0 Å². The van der Waals surface area contributed by atoms with Gasteiger partial charge in [-0.25, -0.2) is 0 Å². The van der Waals surface area contributed by atoms with E-state index < -0.39 is 0 Å². The van der Waals surface area contributed by atoms with Gasteiger partial charge in [-0.15, -0.1) is 0 Å².